The Morgan fingerprint density at radius 2 is 1.79 bits per heavy atom. The molecule has 0 aliphatic carbocycles. The summed E-state index contributed by atoms with van der Waals surface area (Å²) >= 11 is 7.21. The number of amides is 2. The lowest BCUT2D eigenvalue weighted by Crippen LogP contribution is -2.47. The van der Waals surface area contributed by atoms with E-state index in [2.05, 4.69) is 15.6 Å². The first-order valence-corrected chi connectivity index (χ1v) is 11.6. The molecule has 1 atom stereocenters. The van der Waals surface area contributed by atoms with Crippen LogP contribution in [0, 0.1) is 0 Å². The molecule has 34 heavy (non-hydrogen) atoms. The summed E-state index contributed by atoms with van der Waals surface area (Å²) < 4.78 is 10.6. The van der Waals surface area contributed by atoms with Gasteiger partial charge in [0, 0.05) is 16.0 Å². The van der Waals surface area contributed by atoms with E-state index >= 15 is 0 Å². The molecule has 0 spiro atoms. The molecule has 174 valence electrons. The van der Waals surface area contributed by atoms with Crippen molar-refractivity contribution in [1.29, 1.82) is 0 Å². The summed E-state index contributed by atoms with van der Waals surface area (Å²) in [5, 5.41) is 8.12. The van der Waals surface area contributed by atoms with Crippen LogP contribution in [0.5, 0.6) is 0 Å². The lowest BCUT2D eigenvalue weighted by atomic mass is 9.95. The molecular weight excluding hydrogens is 478 g/mol. The van der Waals surface area contributed by atoms with Gasteiger partial charge < -0.3 is 20.1 Å². The molecule has 3 aromatic rings. The Hall–Kier alpha value is -3.69. The van der Waals surface area contributed by atoms with Crippen LogP contribution in [0.25, 0.3) is 10.6 Å². The number of benzene rings is 2. The third-order valence-electron chi connectivity index (χ3n) is 4.93. The third-order valence-corrected chi connectivity index (χ3v) is 6.08. The second kappa shape index (κ2) is 10.5. The van der Waals surface area contributed by atoms with Gasteiger partial charge in [0.15, 0.2) is 5.69 Å². The van der Waals surface area contributed by atoms with E-state index < -0.39 is 24.0 Å². The molecule has 0 radical (unpaired) electrons. The Bertz CT molecular complexity index is 1240. The summed E-state index contributed by atoms with van der Waals surface area (Å²) in [6.07, 6.45) is 0. The Kier molecular flexibility index (Phi) is 7.24. The number of ether oxygens (including phenoxy) is 2. The highest BCUT2D eigenvalue weighted by atomic mass is 35.5. The van der Waals surface area contributed by atoms with E-state index in [1.807, 2.05) is 6.07 Å². The van der Waals surface area contributed by atoms with Gasteiger partial charge in [-0.25, -0.2) is 19.4 Å². The first kappa shape index (κ1) is 23.5. The quantitative estimate of drug-likeness (QED) is 0.466. The van der Waals surface area contributed by atoms with Crippen molar-refractivity contribution in [3.63, 3.8) is 0 Å². The summed E-state index contributed by atoms with van der Waals surface area (Å²) in [7, 11) is 0. The van der Waals surface area contributed by atoms with Crippen LogP contribution in [0.2, 0.25) is 5.02 Å². The van der Waals surface area contributed by atoms with Crippen LogP contribution in [-0.4, -0.2) is 36.2 Å². The molecule has 1 aromatic heterocycles. The van der Waals surface area contributed by atoms with E-state index in [-0.39, 0.29) is 30.2 Å². The van der Waals surface area contributed by atoms with E-state index in [1.54, 1.807) is 60.8 Å². The molecule has 2 heterocycles. The van der Waals surface area contributed by atoms with Crippen molar-refractivity contribution in [1.82, 2.24) is 15.6 Å². The van der Waals surface area contributed by atoms with Crippen LogP contribution in [0.15, 0.2) is 71.2 Å². The van der Waals surface area contributed by atoms with E-state index in [0.717, 1.165) is 5.56 Å². The zero-order chi connectivity index (χ0) is 24.1. The lowest BCUT2D eigenvalue weighted by molar-refractivity contribution is -0.139. The fourth-order valence-electron chi connectivity index (χ4n) is 3.38. The summed E-state index contributed by atoms with van der Waals surface area (Å²) in [4.78, 5) is 42.1. The fraction of sp³-hybridized carbons (Fsp3) is 0.167. The van der Waals surface area contributed by atoms with E-state index in [9.17, 15) is 14.4 Å². The summed E-state index contributed by atoms with van der Waals surface area (Å²) in [6, 6.07) is 14.8. The number of esters is 2. The first-order chi connectivity index (χ1) is 16.5. The molecule has 10 heteroatoms. The molecule has 2 aromatic carbocycles. The van der Waals surface area contributed by atoms with Gasteiger partial charge >= 0.3 is 18.0 Å². The summed E-state index contributed by atoms with van der Waals surface area (Å²) in [5.74, 6) is -1.30. The van der Waals surface area contributed by atoms with Crippen LogP contribution >= 0.6 is 22.9 Å². The Morgan fingerprint density at radius 3 is 2.50 bits per heavy atom. The zero-order valence-electron chi connectivity index (χ0n) is 18.0. The fourth-order valence-corrected chi connectivity index (χ4v) is 4.30. The Morgan fingerprint density at radius 1 is 1.06 bits per heavy atom. The van der Waals surface area contributed by atoms with Gasteiger partial charge in [-0.1, -0.05) is 54.1 Å². The lowest BCUT2D eigenvalue weighted by Gasteiger charge is -2.29. The van der Waals surface area contributed by atoms with Crippen molar-refractivity contribution in [3.8, 4) is 10.6 Å². The highest BCUT2D eigenvalue weighted by Crippen LogP contribution is 2.29. The van der Waals surface area contributed by atoms with Gasteiger partial charge in [-0.3, -0.25) is 0 Å². The minimum atomic E-state index is -0.751. The predicted molar refractivity (Wildman–Crippen MR) is 127 cm³/mol. The molecule has 8 nitrogen and oxygen atoms in total. The van der Waals surface area contributed by atoms with E-state index in [4.69, 9.17) is 21.1 Å². The van der Waals surface area contributed by atoms with Crippen molar-refractivity contribution in [2.75, 3.05) is 13.2 Å². The van der Waals surface area contributed by atoms with E-state index in [0.29, 0.717) is 15.6 Å². The second-order valence-corrected chi connectivity index (χ2v) is 8.47. The number of rotatable bonds is 7. The number of carbonyl (C=O) groups is 3. The largest absolute Gasteiger partial charge is 0.463 e. The number of carbonyl (C=O) groups excluding carboxylic acids is 3. The smallest absolute Gasteiger partial charge is 0.358 e. The molecule has 0 bridgehead atoms. The standard InChI is InChI=1S/C24H20ClN3O5S/c1-2-32-23(30)19-17(27-24(31)28-20(19)14-6-4-3-5-7-14)12-33-22(29)18-13-34-21(26-18)15-8-10-16(25)11-9-15/h3-11,13,20H,2,12H2,1H3,(H2,27,28,31). The maximum Gasteiger partial charge on any atom is 0.358 e. The van der Waals surface area contributed by atoms with Crippen molar-refractivity contribution >= 4 is 40.9 Å². The number of nitrogens with one attached hydrogen (secondary N) is 2. The van der Waals surface area contributed by atoms with Gasteiger partial charge in [0.05, 0.1) is 23.9 Å². The van der Waals surface area contributed by atoms with E-state index in [1.165, 1.54) is 11.3 Å². The third kappa shape index (κ3) is 5.27. The van der Waals surface area contributed by atoms with Gasteiger partial charge in [0.25, 0.3) is 0 Å². The SMILES string of the molecule is CCOC(=O)C1=C(COC(=O)c2csc(-c3ccc(Cl)cc3)n2)NC(=O)NC1c1ccccc1. The van der Waals surface area contributed by atoms with Gasteiger partial charge in [-0.05, 0) is 24.6 Å². The number of halogens is 1. The molecular formula is C24H20ClN3O5S. The number of nitrogens with zero attached hydrogens (tertiary/aromatic N) is 1. The van der Waals surface area contributed by atoms with Crippen LogP contribution in [0.3, 0.4) is 0 Å². The number of hydrogen-bond donors (Lipinski definition) is 2. The maximum atomic E-state index is 12.8. The molecule has 4 rings (SSSR count). The van der Waals surface area contributed by atoms with Crippen LogP contribution in [0.1, 0.15) is 29.0 Å². The Balaban J connectivity index is 1.56. The number of hydrogen-bond acceptors (Lipinski definition) is 7. The molecule has 1 aliphatic rings. The minimum Gasteiger partial charge on any atom is -0.463 e. The zero-order valence-corrected chi connectivity index (χ0v) is 19.6. The number of aromatic nitrogens is 1. The van der Waals surface area contributed by atoms with Crippen molar-refractivity contribution in [3.05, 3.63) is 87.5 Å². The molecule has 0 saturated heterocycles. The molecule has 0 saturated carbocycles. The molecule has 0 fully saturated rings. The highest BCUT2D eigenvalue weighted by Gasteiger charge is 2.34. The molecule has 2 N–H and O–H groups in total. The minimum absolute atomic E-state index is 0.119. The summed E-state index contributed by atoms with van der Waals surface area (Å²) in [6.45, 7) is 1.50. The topological polar surface area (TPSA) is 107 Å². The average molecular weight is 498 g/mol. The average Bonchev–Trinajstić information content (AvgIpc) is 3.34. The van der Waals surface area contributed by atoms with Gasteiger partial charge in [0.2, 0.25) is 0 Å². The van der Waals surface area contributed by atoms with Crippen molar-refractivity contribution in [2.24, 2.45) is 0 Å². The normalized spacial score (nSPS) is 15.4. The molecule has 1 aliphatic heterocycles. The summed E-state index contributed by atoms with van der Waals surface area (Å²) in [5.41, 5.74) is 1.94. The molecule has 1 unspecified atom stereocenters. The number of urea groups is 1. The maximum absolute atomic E-state index is 12.8. The van der Waals surface area contributed by atoms with Gasteiger partial charge in [-0.2, -0.15) is 0 Å². The van der Waals surface area contributed by atoms with Crippen LogP contribution < -0.4 is 10.6 Å². The van der Waals surface area contributed by atoms with Crippen LogP contribution in [-0.2, 0) is 14.3 Å². The van der Waals surface area contributed by atoms with Crippen LogP contribution in [0.4, 0.5) is 4.79 Å². The second-order valence-electron chi connectivity index (χ2n) is 7.18. The molecule has 2 amide bonds. The number of thiazole rings is 1. The monoisotopic (exact) mass is 497 g/mol. The highest BCUT2D eigenvalue weighted by molar-refractivity contribution is 7.13. The Labute approximate surface area is 204 Å². The first-order valence-electron chi connectivity index (χ1n) is 10.4. The van der Waals surface area contributed by atoms with Crippen molar-refractivity contribution in [2.45, 2.75) is 13.0 Å². The van der Waals surface area contributed by atoms with Crippen molar-refractivity contribution < 1.29 is 23.9 Å². The predicted octanol–water partition coefficient (Wildman–Crippen LogP) is 4.49. The van der Waals surface area contributed by atoms with Gasteiger partial charge in [-0.15, -0.1) is 11.3 Å². The van der Waals surface area contributed by atoms with Gasteiger partial charge in [0.1, 0.15) is 11.6 Å².